The van der Waals surface area contributed by atoms with Crippen molar-refractivity contribution in [2.45, 2.75) is 65.4 Å². The summed E-state index contributed by atoms with van der Waals surface area (Å²) >= 11 is 4.67. The van der Waals surface area contributed by atoms with Crippen molar-refractivity contribution in [3.63, 3.8) is 0 Å². The standard InChI is InChI=1S/C16H33NOS/c1-4-9-16(14-19,10-5-2)13-17-11-7-15(8-12-17)18-6-3/h15,19H,4-14H2,1-3H3. The Hall–Kier alpha value is 0.270. The lowest BCUT2D eigenvalue weighted by atomic mass is 9.80. The molecule has 19 heavy (non-hydrogen) atoms. The first-order valence-corrected chi connectivity index (χ1v) is 8.77. The fraction of sp³-hybridized carbons (Fsp3) is 1.00. The van der Waals surface area contributed by atoms with Crippen LogP contribution < -0.4 is 0 Å². The van der Waals surface area contributed by atoms with E-state index in [0.717, 1.165) is 12.4 Å². The largest absolute Gasteiger partial charge is 0.378 e. The minimum Gasteiger partial charge on any atom is -0.378 e. The van der Waals surface area contributed by atoms with Gasteiger partial charge in [0.05, 0.1) is 6.10 Å². The minimum absolute atomic E-state index is 0.436. The maximum atomic E-state index is 5.74. The van der Waals surface area contributed by atoms with Crippen LogP contribution in [-0.2, 0) is 4.74 Å². The van der Waals surface area contributed by atoms with Gasteiger partial charge in [0.15, 0.2) is 0 Å². The van der Waals surface area contributed by atoms with Crippen LogP contribution in [0, 0.1) is 5.41 Å². The molecule has 0 spiro atoms. The van der Waals surface area contributed by atoms with Crippen LogP contribution in [0.15, 0.2) is 0 Å². The van der Waals surface area contributed by atoms with Gasteiger partial charge in [0.2, 0.25) is 0 Å². The Morgan fingerprint density at radius 1 is 1.11 bits per heavy atom. The molecular weight excluding hydrogens is 254 g/mol. The number of thiol groups is 1. The molecule has 0 atom stereocenters. The van der Waals surface area contributed by atoms with Gasteiger partial charge < -0.3 is 9.64 Å². The second-order valence-corrected chi connectivity index (χ2v) is 6.41. The zero-order valence-electron chi connectivity index (χ0n) is 13.2. The summed E-state index contributed by atoms with van der Waals surface area (Å²) in [6.45, 7) is 11.2. The summed E-state index contributed by atoms with van der Waals surface area (Å²) in [5, 5.41) is 0. The molecule has 1 fully saturated rings. The van der Waals surface area contributed by atoms with Crippen LogP contribution in [0.1, 0.15) is 59.3 Å². The normalized spacial score (nSPS) is 18.9. The molecule has 0 aliphatic carbocycles. The van der Waals surface area contributed by atoms with E-state index in [9.17, 15) is 0 Å². The average Bonchev–Trinajstić information content (AvgIpc) is 2.42. The molecule has 0 unspecified atom stereocenters. The van der Waals surface area contributed by atoms with E-state index in [1.807, 2.05) is 0 Å². The van der Waals surface area contributed by atoms with Gasteiger partial charge >= 0.3 is 0 Å². The maximum absolute atomic E-state index is 5.74. The van der Waals surface area contributed by atoms with Crippen molar-refractivity contribution in [3.8, 4) is 0 Å². The van der Waals surface area contributed by atoms with Gasteiger partial charge in [-0.2, -0.15) is 12.6 Å². The molecule has 0 bridgehead atoms. The number of likely N-dealkylation sites (tertiary alicyclic amines) is 1. The molecule has 3 heteroatoms. The topological polar surface area (TPSA) is 12.5 Å². The molecule has 1 aliphatic rings. The summed E-state index contributed by atoms with van der Waals surface area (Å²) < 4.78 is 5.74. The molecule has 0 amide bonds. The number of rotatable bonds is 9. The van der Waals surface area contributed by atoms with Crippen molar-refractivity contribution in [1.82, 2.24) is 4.90 Å². The predicted molar refractivity (Wildman–Crippen MR) is 87.2 cm³/mol. The van der Waals surface area contributed by atoms with Crippen LogP contribution in [0.25, 0.3) is 0 Å². The average molecular weight is 288 g/mol. The fourth-order valence-corrected chi connectivity index (χ4v) is 3.91. The highest BCUT2D eigenvalue weighted by Gasteiger charge is 2.31. The molecule has 0 saturated carbocycles. The molecule has 1 aliphatic heterocycles. The molecule has 1 heterocycles. The smallest absolute Gasteiger partial charge is 0.0599 e. The van der Waals surface area contributed by atoms with Crippen LogP contribution in [0.4, 0.5) is 0 Å². The van der Waals surface area contributed by atoms with Gasteiger partial charge in [0.1, 0.15) is 0 Å². The van der Waals surface area contributed by atoms with E-state index in [2.05, 4.69) is 38.3 Å². The van der Waals surface area contributed by atoms with Crippen molar-refractivity contribution >= 4 is 12.6 Å². The Bertz CT molecular complexity index is 221. The molecule has 114 valence electrons. The highest BCUT2D eigenvalue weighted by molar-refractivity contribution is 7.80. The monoisotopic (exact) mass is 287 g/mol. The van der Waals surface area contributed by atoms with Crippen LogP contribution in [0.3, 0.4) is 0 Å². The Labute approximate surface area is 125 Å². The van der Waals surface area contributed by atoms with E-state index in [-0.39, 0.29) is 0 Å². The summed E-state index contributed by atoms with van der Waals surface area (Å²) in [4.78, 5) is 2.65. The molecule has 0 radical (unpaired) electrons. The van der Waals surface area contributed by atoms with Crippen molar-refractivity contribution in [1.29, 1.82) is 0 Å². The summed E-state index contributed by atoms with van der Waals surface area (Å²) in [7, 11) is 0. The van der Waals surface area contributed by atoms with Gasteiger partial charge in [-0.1, -0.05) is 26.7 Å². The molecule has 0 aromatic heterocycles. The minimum atomic E-state index is 0.436. The second kappa shape index (κ2) is 9.25. The molecule has 0 N–H and O–H groups in total. The van der Waals surface area contributed by atoms with E-state index in [0.29, 0.717) is 11.5 Å². The number of hydrogen-bond acceptors (Lipinski definition) is 3. The second-order valence-electron chi connectivity index (χ2n) is 6.09. The summed E-state index contributed by atoms with van der Waals surface area (Å²) in [6, 6.07) is 0. The van der Waals surface area contributed by atoms with Crippen molar-refractivity contribution in [2.75, 3.05) is 32.0 Å². The zero-order valence-corrected chi connectivity index (χ0v) is 14.1. The van der Waals surface area contributed by atoms with Gasteiger partial charge in [-0.3, -0.25) is 0 Å². The Kier molecular flexibility index (Phi) is 8.43. The van der Waals surface area contributed by atoms with Crippen LogP contribution in [0.2, 0.25) is 0 Å². The number of nitrogens with zero attached hydrogens (tertiary/aromatic N) is 1. The Morgan fingerprint density at radius 3 is 2.11 bits per heavy atom. The van der Waals surface area contributed by atoms with Crippen molar-refractivity contribution < 1.29 is 4.74 Å². The third-order valence-electron chi connectivity index (χ3n) is 4.39. The highest BCUT2D eigenvalue weighted by atomic mass is 32.1. The highest BCUT2D eigenvalue weighted by Crippen LogP contribution is 2.33. The first-order valence-electron chi connectivity index (χ1n) is 8.14. The van der Waals surface area contributed by atoms with E-state index < -0.39 is 0 Å². The molecule has 0 aromatic rings. The maximum Gasteiger partial charge on any atom is 0.0599 e. The fourth-order valence-electron chi connectivity index (χ4n) is 3.50. The van der Waals surface area contributed by atoms with Crippen LogP contribution in [0.5, 0.6) is 0 Å². The van der Waals surface area contributed by atoms with E-state index in [1.165, 1.54) is 58.2 Å². The number of ether oxygens (including phenoxy) is 1. The van der Waals surface area contributed by atoms with Gasteiger partial charge in [0, 0.05) is 26.2 Å². The van der Waals surface area contributed by atoms with Gasteiger partial charge in [-0.15, -0.1) is 0 Å². The number of hydrogen-bond donors (Lipinski definition) is 1. The van der Waals surface area contributed by atoms with Crippen LogP contribution >= 0.6 is 12.6 Å². The Balaban J connectivity index is 2.46. The summed E-state index contributed by atoms with van der Waals surface area (Å²) in [5.74, 6) is 1.03. The number of piperidine rings is 1. The first-order chi connectivity index (χ1) is 9.19. The summed E-state index contributed by atoms with van der Waals surface area (Å²) in [6.07, 6.45) is 8.09. The van der Waals surface area contributed by atoms with Crippen molar-refractivity contribution in [3.05, 3.63) is 0 Å². The van der Waals surface area contributed by atoms with Crippen LogP contribution in [-0.4, -0.2) is 43.0 Å². The van der Waals surface area contributed by atoms with E-state index in [1.54, 1.807) is 0 Å². The van der Waals surface area contributed by atoms with Crippen molar-refractivity contribution in [2.24, 2.45) is 5.41 Å². The lowest BCUT2D eigenvalue weighted by Gasteiger charge is -2.40. The lowest BCUT2D eigenvalue weighted by Crippen LogP contribution is -2.44. The third-order valence-corrected chi connectivity index (χ3v) is 5.06. The summed E-state index contributed by atoms with van der Waals surface area (Å²) in [5.41, 5.74) is 0.436. The molecule has 0 aromatic carbocycles. The lowest BCUT2D eigenvalue weighted by molar-refractivity contribution is 0.00403. The van der Waals surface area contributed by atoms with E-state index in [4.69, 9.17) is 4.74 Å². The SMILES string of the molecule is CCCC(CS)(CCC)CN1CCC(OCC)CC1. The molecular formula is C16H33NOS. The zero-order chi connectivity index (χ0) is 14.1. The van der Waals surface area contributed by atoms with Gasteiger partial charge in [-0.25, -0.2) is 0 Å². The molecule has 1 saturated heterocycles. The van der Waals surface area contributed by atoms with Gasteiger partial charge in [-0.05, 0) is 43.8 Å². The first kappa shape index (κ1) is 17.3. The van der Waals surface area contributed by atoms with Gasteiger partial charge in [0.25, 0.3) is 0 Å². The molecule has 2 nitrogen and oxygen atoms in total. The van der Waals surface area contributed by atoms with E-state index >= 15 is 0 Å². The Morgan fingerprint density at radius 2 is 1.68 bits per heavy atom. The third kappa shape index (κ3) is 5.65. The predicted octanol–water partition coefficient (Wildman–Crippen LogP) is 4.00. The molecule has 1 rings (SSSR count). The quantitative estimate of drug-likeness (QED) is 0.643.